The molecule has 0 aliphatic carbocycles. The molecule has 0 saturated carbocycles. The molecule has 1 aromatic carbocycles. The zero-order valence-electron chi connectivity index (χ0n) is 15.9. The van der Waals surface area contributed by atoms with Crippen LogP contribution < -0.4 is 15.0 Å². The van der Waals surface area contributed by atoms with Gasteiger partial charge < -0.3 is 15.0 Å². The van der Waals surface area contributed by atoms with Gasteiger partial charge in [0.05, 0.1) is 17.5 Å². The predicted octanol–water partition coefficient (Wildman–Crippen LogP) is 3.63. The van der Waals surface area contributed by atoms with Crippen molar-refractivity contribution in [3.05, 3.63) is 42.0 Å². The summed E-state index contributed by atoms with van der Waals surface area (Å²) in [6, 6.07) is 12.8. The number of aryl methyl sites for hydroxylation is 1. The van der Waals surface area contributed by atoms with Crippen molar-refractivity contribution < 1.29 is 4.74 Å². The van der Waals surface area contributed by atoms with Crippen molar-refractivity contribution in [3.8, 4) is 17.3 Å². The highest BCUT2D eigenvalue weighted by atomic mass is 32.1. The highest BCUT2D eigenvalue weighted by Gasteiger charge is 2.22. The van der Waals surface area contributed by atoms with E-state index in [1.807, 2.05) is 18.2 Å². The molecular weight excluding hydrogens is 370 g/mol. The first-order valence-electron chi connectivity index (χ1n) is 9.41. The summed E-state index contributed by atoms with van der Waals surface area (Å²) in [5, 5.41) is 4.49. The standard InChI is InChI=1S/C21H21N5OS/c1-13-12-15(14-6-4-3-5-7-14)23-20-16(13)17-18(28-20)19(25-21(24-17)27-2)26-10-8-22-9-11-26/h3-7,12,22H,8-11H2,1-2H3. The maximum atomic E-state index is 5.42. The van der Waals surface area contributed by atoms with Crippen LogP contribution in [0.15, 0.2) is 36.4 Å². The fraction of sp³-hybridized carbons (Fsp3) is 0.286. The summed E-state index contributed by atoms with van der Waals surface area (Å²) in [5.41, 5.74) is 4.21. The van der Waals surface area contributed by atoms with E-state index in [9.17, 15) is 0 Å². The van der Waals surface area contributed by atoms with Crippen LogP contribution in [0, 0.1) is 6.92 Å². The van der Waals surface area contributed by atoms with E-state index in [1.54, 1.807) is 18.4 Å². The lowest BCUT2D eigenvalue weighted by atomic mass is 10.1. The first-order valence-corrected chi connectivity index (χ1v) is 10.2. The Hall–Kier alpha value is -2.77. The summed E-state index contributed by atoms with van der Waals surface area (Å²) >= 11 is 1.67. The molecule has 0 atom stereocenters. The van der Waals surface area contributed by atoms with Gasteiger partial charge in [-0.15, -0.1) is 11.3 Å². The number of pyridine rings is 1. The van der Waals surface area contributed by atoms with Gasteiger partial charge in [-0.05, 0) is 18.6 Å². The van der Waals surface area contributed by atoms with Gasteiger partial charge in [-0.1, -0.05) is 30.3 Å². The highest BCUT2D eigenvalue weighted by Crippen LogP contribution is 2.40. The van der Waals surface area contributed by atoms with Gasteiger partial charge >= 0.3 is 6.01 Å². The number of ether oxygens (including phenoxy) is 1. The van der Waals surface area contributed by atoms with Crippen LogP contribution in [0.1, 0.15) is 5.56 Å². The Labute approximate surface area is 167 Å². The van der Waals surface area contributed by atoms with Crippen LogP contribution in [0.3, 0.4) is 0 Å². The highest BCUT2D eigenvalue weighted by molar-refractivity contribution is 7.26. The van der Waals surface area contributed by atoms with Gasteiger partial charge in [0.15, 0.2) is 5.82 Å². The number of anilines is 1. The third-order valence-electron chi connectivity index (χ3n) is 5.11. The summed E-state index contributed by atoms with van der Waals surface area (Å²) in [6.07, 6.45) is 0. The molecule has 1 N–H and O–H groups in total. The van der Waals surface area contributed by atoms with E-state index in [0.29, 0.717) is 6.01 Å². The Bertz CT molecular complexity index is 1150. The normalized spacial score (nSPS) is 14.7. The SMILES string of the molecule is COc1nc(N2CCNCC2)c2sc3nc(-c4ccccc4)cc(C)c3c2n1. The van der Waals surface area contributed by atoms with E-state index in [-0.39, 0.29) is 0 Å². The molecule has 0 amide bonds. The largest absolute Gasteiger partial charge is 0.467 e. The van der Waals surface area contributed by atoms with Gasteiger partial charge in [0.25, 0.3) is 0 Å². The summed E-state index contributed by atoms with van der Waals surface area (Å²) < 4.78 is 6.51. The second-order valence-corrected chi connectivity index (χ2v) is 7.92. The van der Waals surface area contributed by atoms with Crippen molar-refractivity contribution in [3.63, 3.8) is 0 Å². The van der Waals surface area contributed by atoms with Crippen molar-refractivity contribution >= 4 is 37.6 Å². The third-order valence-corrected chi connectivity index (χ3v) is 6.18. The van der Waals surface area contributed by atoms with Crippen molar-refractivity contribution in [1.82, 2.24) is 20.3 Å². The van der Waals surface area contributed by atoms with Crippen LogP contribution in [-0.2, 0) is 0 Å². The van der Waals surface area contributed by atoms with Crippen LogP contribution >= 0.6 is 11.3 Å². The molecule has 1 aliphatic rings. The zero-order chi connectivity index (χ0) is 19.1. The molecular formula is C21H21N5OS. The van der Waals surface area contributed by atoms with E-state index in [4.69, 9.17) is 19.7 Å². The number of benzene rings is 1. The minimum Gasteiger partial charge on any atom is -0.467 e. The van der Waals surface area contributed by atoms with Crippen molar-refractivity contribution in [2.24, 2.45) is 0 Å². The average molecular weight is 392 g/mol. The Morgan fingerprint density at radius 3 is 2.61 bits per heavy atom. The molecule has 28 heavy (non-hydrogen) atoms. The maximum Gasteiger partial charge on any atom is 0.318 e. The van der Waals surface area contributed by atoms with Gasteiger partial charge in [-0.3, -0.25) is 0 Å². The van der Waals surface area contributed by atoms with Gasteiger partial charge in [0.1, 0.15) is 10.3 Å². The summed E-state index contributed by atoms with van der Waals surface area (Å²) in [6.45, 7) is 5.88. The number of rotatable bonds is 3. The zero-order valence-corrected chi connectivity index (χ0v) is 16.7. The van der Waals surface area contributed by atoms with Gasteiger partial charge in [0, 0.05) is 37.1 Å². The number of piperazine rings is 1. The van der Waals surface area contributed by atoms with Gasteiger partial charge in [-0.25, -0.2) is 4.98 Å². The molecule has 0 unspecified atom stereocenters. The van der Waals surface area contributed by atoms with Crippen molar-refractivity contribution in [2.75, 3.05) is 38.2 Å². The van der Waals surface area contributed by atoms with Crippen molar-refractivity contribution in [1.29, 1.82) is 0 Å². The molecule has 7 heteroatoms. The van der Waals surface area contributed by atoms with Crippen LogP contribution in [0.4, 0.5) is 5.82 Å². The van der Waals surface area contributed by atoms with Crippen LogP contribution in [-0.4, -0.2) is 48.2 Å². The summed E-state index contributed by atoms with van der Waals surface area (Å²) in [7, 11) is 1.62. The molecule has 4 heterocycles. The number of fused-ring (bicyclic) bond motifs is 3. The van der Waals surface area contributed by atoms with E-state index in [0.717, 1.165) is 63.7 Å². The molecule has 142 valence electrons. The van der Waals surface area contributed by atoms with Gasteiger partial charge in [-0.2, -0.15) is 9.97 Å². The Kier molecular flexibility index (Phi) is 4.33. The second-order valence-electron chi connectivity index (χ2n) is 6.92. The predicted molar refractivity (Wildman–Crippen MR) is 115 cm³/mol. The van der Waals surface area contributed by atoms with Crippen LogP contribution in [0.2, 0.25) is 0 Å². The fourth-order valence-corrected chi connectivity index (χ4v) is 4.93. The molecule has 0 bridgehead atoms. The lowest BCUT2D eigenvalue weighted by Gasteiger charge is -2.28. The van der Waals surface area contributed by atoms with E-state index >= 15 is 0 Å². The average Bonchev–Trinajstić information content (AvgIpc) is 3.13. The topological polar surface area (TPSA) is 63.2 Å². The molecule has 0 spiro atoms. The number of methoxy groups -OCH3 is 1. The Morgan fingerprint density at radius 2 is 1.86 bits per heavy atom. The quantitative estimate of drug-likeness (QED) is 0.575. The smallest absolute Gasteiger partial charge is 0.318 e. The number of hydrogen-bond donors (Lipinski definition) is 1. The molecule has 6 nitrogen and oxygen atoms in total. The molecule has 1 saturated heterocycles. The number of hydrogen-bond acceptors (Lipinski definition) is 7. The molecule has 1 aliphatic heterocycles. The number of aromatic nitrogens is 3. The number of thiophene rings is 1. The monoisotopic (exact) mass is 391 g/mol. The van der Waals surface area contributed by atoms with Crippen LogP contribution in [0.25, 0.3) is 31.7 Å². The van der Waals surface area contributed by atoms with Gasteiger partial charge in [0.2, 0.25) is 0 Å². The van der Waals surface area contributed by atoms with E-state index in [2.05, 4.69) is 35.3 Å². The molecule has 1 fully saturated rings. The number of nitrogens with zero attached hydrogens (tertiary/aromatic N) is 4. The Balaban J connectivity index is 1.76. The summed E-state index contributed by atoms with van der Waals surface area (Å²) in [4.78, 5) is 17.7. The lowest BCUT2D eigenvalue weighted by Crippen LogP contribution is -2.44. The summed E-state index contributed by atoms with van der Waals surface area (Å²) in [5.74, 6) is 0.951. The van der Waals surface area contributed by atoms with E-state index < -0.39 is 0 Å². The first-order chi connectivity index (χ1) is 13.7. The second kappa shape index (κ2) is 7.00. The Morgan fingerprint density at radius 1 is 1.07 bits per heavy atom. The fourth-order valence-electron chi connectivity index (χ4n) is 3.72. The minimum atomic E-state index is 0.410. The van der Waals surface area contributed by atoms with Crippen LogP contribution in [0.5, 0.6) is 6.01 Å². The van der Waals surface area contributed by atoms with E-state index in [1.165, 1.54) is 5.56 Å². The lowest BCUT2D eigenvalue weighted by molar-refractivity contribution is 0.381. The first kappa shape index (κ1) is 17.3. The number of nitrogens with one attached hydrogen (secondary N) is 1. The molecule has 4 aromatic rings. The molecule has 0 radical (unpaired) electrons. The maximum absolute atomic E-state index is 5.42. The molecule has 5 rings (SSSR count). The third kappa shape index (κ3) is 2.87. The van der Waals surface area contributed by atoms with Crippen molar-refractivity contribution in [2.45, 2.75) is 6.92 Å². The minimum absolute atomic E-state index is 0.410. The molecule has 3 aromatic heterocycles.